The lowest BCUT2D eigenvalue weighted by Gasteiger charge is -2.36. The van der Waals surface area contributed by atoms with E-state index in [2.05, 4.69) is 20.2 Å². The molecule has 29 heavy (non-hydrogen) atoms. The lowest BCUT2D eigenvalue weighted by molar-refractivity contribution is -0.116. The maximum Gasteiger partial charge on any atom is 0.227 e. The zero-order chi connectivity index (χ0) is 19.9. The maximum absolute atomic E-state index is 12.0. The molecule has 0 radical (unpaired) electrons. The minimum atomic E-state index is -0.125. The van der Waals surface area contributed by atoms with Gasteiger partial charge in [0.2, 0.25) is 5.91 Å². The van der Waals surface area contributed by atoms with Gasteiger partial charge in [-0.05, 0) is 42.8 Å². The van der Waals surface area contributed by atoms with Gasteiger partial charge in [0, 0.05) is 49.5 Å². The highest BCUT2D eigenvalue weighted by Crippen LogP contribution is 2.19. The number of anilines is 2. The number of nitrogens with zero attached hydrogens (tertiary/aromatic N) is 4. The van der Waals surface area contributed by atoms with Crippen LogP contribution in [-0.4, -0.2) is 54.5 Å². The molecule has 3 rings (SSSR count). The van der Waals surface area contributed by atoms with Crippen molar-refractivity contribution in [3.63, 3.8) is 0 Å². The van der Waals surface area contributed by atoms with E-state index in [1.165, 1.54) is 0 Å². The van der Waals surface area contributed by atoms with Crippen LogP contribution in [0.5, 0.6) is 0 Å². The van der Waals surface area contributed by atoms with Gasteiger partial charge in [0.1, 0.15) is 5.82 Å². The summed E-state index contributed by atoms with van der Waals surface area (Å²) < 4.78 is 0. The van der Waals surface area contributed by atoms with Crippen molar-refractivity contribution in [2.45, 2.75) is 13.3 Å². The van der Waals surface area contributed by atoms with Crippen LogP contribution in [-0.2, 0) is 4.79 Å². The largest absolute Gasteiger partial charge is 0.370 e. The number of halogens is 2. The Morgan fingerprint density at radius 3 is 2.48 bits per heavy atom. The molecular weight excluding hydrogens is 503 g/mol. The fourth-order valence-corrected chi connectivity index (χ4v) is 3.09. The van der Waals surface area contributed by atoms with Crippen LogP contribution in [0.15, 0.2) is 47.6 Å². The topological polar surface area (TPSA) is 86.8 Å². The molecule has 0 spiro atoms. The monoisotopic (exact) mass is 528 g/mol. The lowest BCUT2D eigenvalue weighted by Crippen LogP contribution is -2.51. The number of benzene rings is 1. The number of pyridine rings is 1. The number of carbonyl (C=O) groups is 1. The average molecular weight is 529 g/mol. The van der Waals surface area contributed by atoms with Gasteiger partial charge in [-0.1, -0.05) is 17.7 Å². The molecule has 1 aromatic carbocycles. The van der Waals surface area contributed by atoms with Gasteiger partial charge in [0.15, 0.2) is 5.96 Å². The number of aromatic nitrogens is 1. The molecule has 1 aliphatic rings. The first-order valence-electron chi connectivity index (χ1n) is 9.29. The molecule has 2 heterocycles. The number of carbonyl (C=O) groups excluding carboxylic acids is 1. The number of hydrogen-bond donors (Lipinski definition) is 2. The van der Waals surface area contributed by atoms with Crippen molar-refractivity contribution in [1.82, 2.24) is 9.88 Å². The zero-order valence-corrected chi connectivity index (χ0v) is 19.4. The number of amides is 1. The molecule has 9 heteroatoms. The Morgan fingerprint density at radius 1 is 1.17 bits per heavy atom. The van der Waals surface area contributed by atoms with Crippen LogP contribution in [0, 0.1) is 6.92 Å². The Morgan fingerprint density at radius 2 is 1.86 bits per heavy atom. The molecule has 0 bridgehead atoms. The molecule has 156 valence electrons. The van der Waals surface area contributed by atoms with E-state index < -0.39 is 0 Å². The van der Waals surface area contributed by atoms with E-state index in [9.17, 15) is 4.79 Å². The van der Waals surface area contributed by atoms with Crippen molar-refractivity contribution in [1.29, 1.82) is 0 Å². The van der Waals surface area contributed by atoms with Gasteiger partial charge in [-0.25, -0.2) is 4.98 Å². The lowest BCUT2D eigenvalue weighted by atomic mass is 10.2. The number of aryl methyl sites for hydroxylation is 1. The number of rotatable bonds is 5. The molecule has 1 aromatic heterocycles. The third-order valence-electron chi connectivity index (χ3n) is 4.59. The van der Waals surface area contributed by atoms with Crippen molar-refractivity contribution in [2.24, 2.45) is 10.7 Å². The summed E-state index contributed by atoms with van der Waals surface area (Å²) in [5.74, 6) is 0.906. The van der Waals surface area contributed by atoms with Gasteiger partial charge in [-0.3, -0.25) is 9.79 Å². The van der Waals surface area contributed by atoms with Crippen LogP contribution < -0.4 is 16.0 Å². The minimum Gasteiger partial charge on any atom is -0.370 e. The van der Waals surface area contributed by atoms with E-state index in [4.69, 9.17) is 17.3 Å². The summed E-state index contributed by atoms with van der Waals surface area (Å²) in [5.41, 5.74) is 8.31. The van der Waals surface area contributed by atoms with Gasteiger partial charge in [-0.2, -0.15) is 0 Å². The Labute approximate surface area is 193 Å². The second-order valence-corrected chi connectivity index (χ2v) is 7.15. The Balaban J connectivity index is 0.00000300. The van der Waals surface area contributed by atoms with Crippen molar-refractivity contribution in [3.8, 4) is 0 Å². The highest BCUT2D eigenvalue weighted by Gasteiger charge is 2.18. The van der Waals surface area contributed by atoms with Gasteiger partial charge >= 0.3 is 0 Å². The van der Waals surface area contributed by atoms with E-state index in [0.29, 0.717) is 18.3 Å². The first-order valence-corrected chi connectivity index (χ1v) is 9.67. The molecule has 0 aliphatic carbocycles. The van der Waals surface area contributed by atoms with E-state index >= 15 is 0 Å². The first-order chi connectivity index (χ1) is 13.5. The fourth-order valence-electron chi connectivity index (χ4n) is 2.96. The quantitative estimate of drug-likeness (QED) is 0.354. The van der Waals surface area contributed by atoms with Gasteiger partial charge < -0.3 is 20.9 Å². The zero-order valence-electron chi connectivity index (χ0n) is 16.3. The normalized spacial score (nSPS) is 14.3. The van der Waals surface area contributed by atoms with E-state index in [0.717, 1.165) is 42.5 Å². The molecule has 0 saturated carbocycles. The summed E-state index contributed by atoms with van der Waals surface area (Å²) in [6.45, 7) is 5.59. The summed E-state index contributed by atoms with van der Waals surface area (Å²) in [6, 6.07) is 11.5. The molecule has 1 amide bonds. The van der Waals surface area contributed by atoms with Crippen molar-refractivity contribution < 1.29 is 4.79 Å². The molecule has 2 aromatic rings. The van der Waals surface area contributed by atoms with Crippen molar-refractivity contribution >= 4 is 58.9 Å². The smallest absolute Gasteiger partial charge is 0.227 e. The molecule has 1 fully saturated rings. The molecule has 3 N–H and O–H groups in total. The highest BCUT2D eigenvalue weighted by atomic mass is 127. The summed E-state index contributed by atoms with van der Waals surface area (Å²) in [5, 5.41) is 3.50. The van der Waals surface area contributed by atoms with E-state index in [1.54, 1.807) is 12.3 Å². The van der Waals surface area contributed by atoms with Crippen LogP contribution >= 0.6 is 35.6 Å². The molecule has 7 nitrogen and oxygen atoms in total. The minimum absolute atomic E-state index is 0. The number of aliphatic imine (C=N–C) groups is 1. The number of guanidine groups is 1. The molecule has 1 saturated heterocycles. The van der Waals surface area contributed by atoms with Crippen LogP contribution in [0.1, 0.15) is 12.0 Å². The summed E-state index contributed by atoms with van der Waals surface area (Å²) in [4.78, 5) is 24.8. The van der Waals surface area contributed by atoms with Crippen LogP contribution in [0.3, 0.4) is 0 Å². The van der Waals surface area contributed by atoms with E-state index in [-0.39, 0.29) is 36.3 Å². The van der Waals surface area contributed by atoms with Crippen LogP contribution in [0.4, 0.5) is 11.5 Å². The summed E-state index contributed by atoms with van der Waals surface area (Å²) in [7, 11) is 0. The van der Waals surface area contributed by atoms with E-state index in [1.807, 2.05) is 42.2 Å². The molecule has 0 unspecified atom stereocenters. The Kier molecular flexibility index (Phi) is 8.97. The van der Waals surface area contributed by atoms with Crippen molar-refractivity contribution in [3.05, 3.63) is 53.2 Å². The molecule has 1 aliphatic heterocycles. The number of nitrogens with two attached hydrogens (primary N) is 1. The Hall–Kier alpha value is -2.07. The van der Waals surface area contributed by atoms with Gasteiger partial charge in [0.05, 0.1) is 6.54 Å². The maximum atomic E-state index is 12.0. The predicted octanol–water partition coefficient (Wildman–Crippen LogP) is 3.13. The molecule has 0 atom stereocenters. The SMILES string of the molecule is Cc1ccc(NC(=O)CCN=C(N)N2CCN(c3ccc(Cl)cc3)CC2)nc1.I. The third kappa shape index (κ3) is 7.04. The first kappa shape index (κ1) is 23.2. The fraction of sp³-hybridized carbons (Fsp3) is 0.350. The number of hydrogen-bond acceptors (Lipinski definition) is 4. The van der Waals surface area contributed by atoms with Crippen LogP contribution in [0.2, 0.25) is 5.02 Å². The summed E-state index contributed by atoms with van der Waals surface area (Å²) in [6.07, 6.45) is 1.98. The third-order valence-corrected chi connectivity index (χ3v) is 4.84. The van der Waals surface area contributed by atoms with Crippen LogP contribution in [0.25, 0.3) is 0 Å². The average Bonchev–Trinajstić information content (AvgIpc) is 2.70. The second-order valence-electron chi connectivity index (χ2n) is 6.71. The highest BCUT2D eigenvalue weighted by molar-refractivity contribution is 14.0. The number of piperazine rings is 1. The van der Waals surface area contributed by atoms with Crippen molar-refractivity contribution in [2.75, 3.05) is 42.9 Å². The van der Waals surface area contributed by atoms with Gasteiger partial charge in [0.25, 0.3) is 0 Å². The summed E-state index contributed by atoms with van der Waals surface area (Å²) >= 11 is 5.95. The Bertz CT molecular complexity index is 820. The van der Waals surface area contributed by atoms with Gasteiger partial charge in [-0.15, -0.1) is 24.0 Å². The molecular formula is C20H26ClIN6O. The number of nitrogens with one attached hydrogen (secondary N) is 1. The standard InChI is InChI=1S/C20H25ClN6O.HI/c1-15-2-7-18(24-14-15)25-19(28)8-9-23-20(22)27-12-10-26(11-13-27)17-5-3-16(21)4-6-17;/h2-7,14H,8-13H2,1H3,(H2,22,23)(H,24,25,28);1H. The second kappa shape index (κ2) is 11.2. The predicted molar refractivity (Wildman–Crippen MR) is 129 cm³/mol.